The number of alkyl halides is 3. The topological polar surface area (TPSA) is 57.4 Å². The predicted octanol–water partition coefficient (Wildman–Crippen LogP) is 5.85. The van der Waals surface area contributed by atoms with E-state index in [0.717, 1.165) is 17.0 Å². The number of hydrogen-bond acceptors (Lipinski definition) is 4. The van der Waals surface area contributed by atoms with Crippen molar-refractivity contribution in [2.24, 2.45) is 5.73 Å². The third-order valence-electron chi connectivity index (χ3n) is 4.06. The molecule has 1 unspecified atom stereocenters. The first kappa shape index (κ1) is 19.9. The highest BCUT2D eigenvalue weighted by molar-refractivity contribution is 5.80. The third kappa shape index (κ3) is 4.54. The van der Waals surface area contributed by atoms with Crippen LogP contribution in [0.3, 0.4) is 0 Å². The van der Waals surface area contributed by atoms with E-state index in [4.69, 9.17) is 15.2 Å². The zero-order valence-electron chi connectivity index (χ0n) is 15.7. The summed E-state index contributed by atoms with van der Waals surface area (Å²) in [7, 11) is 0. The van der Waals surface area contributed by atoms with Crippen LogP contribution in [0.25, 0.3) is 10.9 Å². The van der Waals surface area contributed by atoms with Gasteiger partial charge in [0, 0.05) is 17.5 Å². The maximum absolute atomic E-state index is 13.5. The van der Waals surface area contributed by atoms with Crippen molar-refractivity contribution >= 4 is 10.9 Å². The van der Waals surface area contributed by atoms with Crippen molar-refractivity contribution in [1.29, 1.82) is 0 Å². The zero-order chi connectivity index (χ0) is 20.5. The molecule has 0 radical (unpaired) electrons. The van der Waals surface area contributed by atoms with Crippen molar-refractivity contribution < 1.29 is 22.6 Å². The maximum Gasteiger partial charge on any atom is 0.420 e. The van der Waals surface area contributed by atoms with E-state index in [1.54, 1.807) is 26.0 Å². The number of nitrogens with zero attached hydrogens (tertiary/aromatic N) is 1. The van der Waals surface area contributed by atoms with E-state index in [0.29, 0.717) is 5.52 Å². The fraction of sp³-hybridized carbons (Fsp3) is 0.286. The predicted molar refractivity (Wildman–Crippen MR) is 102 cm³/mol. The number of halogens is 3. The first-order valence-electron chi connectivity index (χ1n) is 8.85. The summed E-state index contributed by atoms with van der Waals surface area (Å²) < 4.78 is 51.3. The average Bonchev–Trinajstić information content (AvgIpc) is 2.61. The molecule has 0 aliphatic carbocycles. The van der Waals surface area contributed by atoms with Crippen LogP contribution in [0.1, 0.15) is 37.9 Å². The molecule has 1 heterocycles. The molecule has 0 aliphatic rings. The van der Waals surface area contributed by atoms with Gasteiger partial charge in [0.15, 0.2) is 0 Å². The smallest absolute Gasteiger partial charge is 0.420 e. The third-order valence-corrected chi connectivity index (χ3v) is 4.06. The van der Waals surface area contributed by atoms with Gasteiger partial charge >= 0.3 is 6.18 Å². The minimum atomic E-state index is -4.59. The van der Waals surface area contributed by atoms with Crippen LogP contribution in [-0.4, -0.2) is 11.1 Å². The van der Waals surface area contributed by atoms with Crippen LogP contribution in [0.2, 0.25) is 0 Å². The Balaban J connectivity index is 1.95. The van der Waals surface area contributed by atoms with Gasteiger partial charge in [-0.1, -0.05) is 6.07 Å². The molecule has 0 saturated heterocycles. The average molecular weight is 390 g/mol. The molecule has 0 aliphatic heterocycles. The lowest BCUT2D eigenvalue weighted by molar-refractivity contribution is -0.138. The second-order valence-electron chi connectivity index (χ2n) is 6.81. The molecule has 3 rings (SSSR count). The van der Waals surface area contributed by atoms with Crippen LogP contribution in [0, 0.1) is 0 Å². The number of ether oxygens (including phenoxy) is 2. The molecule has 4 nitrogen and oxygen atoms in total. The number of aromatic nitrogens is 1. The molecular formula is C21H21F3N2O2. The first-order valence-corrected chi connectivity index (χ1v) is 8.85. The first-order chi connectivity index (χ1) is 13.1. The van der Waals surface area contributed by atoms with Gasteiger partial charge in [0.1, 0.15) is 17.1 Å². The van der Waals surface area contributed by atoms with E-state index in [1.165, 1.54) is 18.2 Å². The Morgan fingerprint density at radius 1 is 0.964 bits per heavy atom. The molecule has 2 aromatic carbocycles. The number of rotatable bonds is 5. The van der Waals surface area contributed by atoms with E-state index < -0.39 is 11.7 Å². The van der Waals surface area contributed by atoms with Crippen LogP contribution < -0.4 is 15.2 Å². The molecule has 7 heteroatoms. The number of pyridine rings is 1. The molecule has 0 amide bonds. The Hall–Kier alpha value is -2.80. The Morgan fingerprint density at radius 2 is 1.71 bits per heavy atom. The van der Waals surface area contributed by atoms with Gasteiger partial charge in [-0.05, 0) is 62.7 Å². The van der Waals surface area contributed by atoms with Gasteiger partial charge in [-0.25, -0.2) is 4.98 Å². The minimum Gasteiger partial charge on any atom is -0.491 e. The number of benzene rings is 2. The van der Waals surface area contributed by atoms with Crippen molar-refractivity contribution in [2.75, 3.05) is 0 Å². The summed E-state index contributed by atoms with van der Waals surface area (Å²) in [5, 5.41) is 0.832. The molecule has 3 aromatic rings. The van der Waals surface area contributed by atoms with Crippen molar-refractivity contribution in [2.45, 2.75) is 39.1 Å². The quantitative estimate of drug-likeness (QED) is 0.593. The van der Waals surface area contributed by atoms with Gasteiger partial charge in [-0.2, -0.15) is 13.2 Å². The van der Waals surface area contributed by atoms with Crippen molar-refractivity contribution in [3.63, 3.8) is 0 Å². The fourth-order valence-electron chi connectivity index (χ4n) is 2.74. The standard InChI is InChI=1S/C21H21F3N2O2/c1-12(2)27-16-6-8-19(17(11-16)21(22,23)24)28-20-9-5-15-10-14(13(3)25)4-7-18(15)26-20/h4-13H,25H2,1-3H3. The molecule has 2 N–H and O–H groups in total. The molecule has 0 saturated carbocycles. The monoisotopic (exact) mass is 390 g/mol. The highest BCUT2D eigenvalue weighted by Gasteiger charge is 2.35. The normalized spacial score (nSPS) is 13.0. The van der Waals surface area contributed by atoms with E-state index >= 15 is 0 Å². The summed E-state index contributed by atoms with van der Waals surface area (Å²) in [6.45, 7) is 5.36. The van der Waals surface area contributed by atoms with Gasteiger partial charge in [-0.15, -0.1) is 0 Å². The number of nitrogens with two attached hydrogens (primary N) is 1. The van der Waals surface area contributed by atoms with E-state index in [2.05, 4.69) is 4.98 Å². The van der Waals surface area contributed by atoms with Crippen LogP contribution in [0.5, 0.6) is 17.4 Å². The molecule has 1 atom stereocenters. The minimum absolute atomic E-state index is 0.0732. The summed E-state index contributed by atoms with van der Waals surface area (Å²) in [4.78, 5) is 4.30. The Kier molecular flexibility index (Phi) is 5.47. The highest BCUT2D eigenvalue weighted by atomic mass is 19.4. The second-order valence-corrected chi connectivity index (χ2v) is 6.81. The summed E-state index contributed by atoms with van der Waals surface area (Å²) in [6.07, 6.45) is -4.83. The van der Waals surface area contributed by atoms with Crippen molar-refractivity contribution in [3.05, 3.63) is 59.7 Å². The van der Waals surface area contributed by atoms with Crippen molar-refractivity contribution in [3.8, 4) is 17.4 Å². The molecule has 1 aromatic heterocycles. The van der Waals surface area contributed by atoms with Crippen LogP contribution in [0.4, 0.5) is 13.2 Å². The van der Waals surface area contributed by atoms with Gasteiger partial charge < -0.3 is 15.2 Å². The Bertz CT molecular complexity index is 985. The van der Waals surface area contributed by atoms with Crippen molar-refractivity contribution in [1.82, 2.24) is 4.98 Å². The Labute approximate surface area is 161 Å². The van der Waals surface area contributed by atoms with E-state index in [9.17, 15) is 13.2 Å². The lowest BCUT2D eigenvalue weighted by atomic mass is 10.1. The van der Waals surface area contributed by atoms with Gasteiger partial charge in [0.2, 0.25) is 5.88 Å². The lowest BCUT2D eigenvalue weighted by Gasteiger charge is -2.16. The molecule has 0 bridgehead atoms. The number of fused-ring (bicyclic) bond motifs is 1. The van der Waals surface area contributed by atoms with Gasteiger partial charge in [0.05, 0.1) is 11.6 Å². The number of hydrogen-bond donors (Lipinski definition) is 1. The lowest BCUT2D eigenvalue weighted by Crippen LogP contribution is -2.10. The summed E-state index contributed by atoms with van der Waals surface area (Å²) in [5.41, 5.74) is 6.51. The van der Waals surface area contributed by atoms with Gasteiger partial charge in [-0.3, -0.25) is 0 Å². The second kappa shape index (κ2) is 7.67. The highest BCUT2D eigenvalue weighted by Crippen LogP contribution is 2.40. The summed E-state index contributed by atoms with van der Waals surface area (Å²) in [6, 6.07) is 12.3. The maximum atomic E-state index is 13.5. The summed E-state index contributed by atoms with van der Waals surface area (Å²) in [5.74, 6) is -0.128. The van der Waals surface area contributed by atoms with Crippen LogP contribution in [0.15, 0.2) is 48.5 Å². The SMILES string of the molecule is CC(C)Oc1ccc(Oc2ccc3cc(C(C)N)ccc3n2)c(C(F)(F)F)c1. The van der Waals surface area contributed by atoms with Gasteiger partial charge in [0.25, 0.3) is 0 Å². The van der Waals surface area contributed by atoms with Crippen LogP contribution in [-0.2, 0) is 6.18 Å². The molecule has 0 spiro atoms. The molecule has 28 heavy (non-hydrogen) atoms. The summed E-state index contributed by atoms with van der Waals surface area (Å²) >= 11 is 0. The van der Waals surface area contributed by atoms with E-state index in [-0.39, 0.29) is 29.5 Å². The molecular weight excluding hydrogens is 369 g/mol. The molecule has 0 fully saturated rings. The Morgan fingerprint density at radius 3 is 2.36 bits per heavy atom. The fourth-order valence-corrected chi connectivity index (χ4v) is 2.74. The molecule has 148 valence electrons. The van der Waals surface area contributed by atoms with E-state index in [1.807, 2.05) is 19.1 Å². The largest absolute Gasteiger partial charge is 0.491 e. The zero-order valence-corrected chi connectivity index (χ0v) is 15.7. The van der Waals surface area contributed by atoms with Crippen LogP contribution >= 0.6 is 0 Å².